The predicted octanol–water partition coefficient (Wildman–Crippen LogP) is 1.85. The molecule has 0 fully saturated rings. The number of ether oxygens (including phenoxy) is 1. The van der Waals surface area contributed by atoms with Crippen molar-refractivity contribution in [3.05, 3.63) is 28.7 Å². The molecule has 0 amide bonds. The Hall–Kier alpha value is -0.430. The number of benzene rings is 1. The zero-order chi connectivity index (χ0) is 13.6. The van der Waals surface area contributed by atoms with Gasteiger partial charge in [-0.05, 0) is 31.2 Å². The molecular formula is C12H18BrNO3S. The molecule has 0 aliphatic heterocycles. The zero-order valence-corrected chi connectivity index (χ0v) is 12.9. The van der Waals surface area contributed by atoms with Crippen LogP contribution in [-0.2, 0) is 14.6 Å². The molecule has 1 N–H and O–H groups in total. The summed E-state index contributed by atoms with van der Waals surface area (Å²) in [6, 6.07) is 6.70. The zero-order valence-electron chi connectivity index (χ0n) is 10.5. The Morgan fingerprint density at radius 3 is 2.50 bits per heavy atom. The van der Waals surface area contributed by atoms with Crippen LogP contribution in [0.3, 0.4) is 0 Å². The molecule has 0 aliphatic carbocycles. The molecule has 1 atom stereocenters. The van der Waals surface area contributed by atoms with Crippen molar-refractivity contribution in [2.75, 3.05) is 26.8 Å². The molecule has 1 aromatic rings. The number of hydrogen-bond acceptors (Lipinski definition) is 4. The average Bonchev–Trinajstić information content (AvgIpc) is 2.35. The van der Waals surface area contributed by atoms with Crippen LogP contribution >= 0.6 is 15.9 Å². The van der Waals surface area contributed by atoms with E-state index in [4.69, 9.17) is 4.74 Å². The molecule has 0 bridgehead atoms. The summed E-state index contributed by atoms with van der Waals surface area (Å²) in [5.41, 5.74) is 0. The second kappa shape index (κ2) is 7.23. The van der Waals surface area contributed by atoms with Gasteiger partial charge in [-0.3, -0.25) is 0 Å². The van der Waals surface area contributed by atoms with E-state index in [1.54, 1.807) is 38.3 Å². The number of methoxy groups -OCH3 is 1. The van der Waals surface area contributed by atoms with Crippen LogP contribution in [0.5, 0.6) is 0 Å². The average molecular weight is 336 g/mol. The number of nitrogens with one attached hydrogen (secondary N) is 1. The van der Waals surface area contributed by atoms with Gasteiger partial charge in [0.2, 0.25) is 0 Å². The fourth-order valence-electron chi connectivity index (χ4n) is 1.45. The van der Waals surface area contributed by atoms with Crippen LogP contribution in [0, 0.1) is 0 Å². The first-order chi connectivity index (χ1) is 8.48. The monoisotopic (exact) mass is 335 g/mol. The minimum Gasteiger partial charge on any atom is -0.383 e. The van der Waals surface area contributed by atoms with Gasteiger partial charge in [0.1, 0.15) is 0 Å². The van der Waals surface area contributed by atoms with Gasteiger partial charge in [0.05, 0.1) is 16.8 Å². The maximum absolute atomic E-state index is 12.2. The van der Waals surface area contributed by atoms with E-state index in [1.165, 1.54) is 0 Å². The van der Waals surface area contributed by atoms with Gasteiger partial charge < -0.3 is 10.1 Å². The largest absolute Gasteiger partial charge is 0.383 e. The first-order valence-electron chi connectivity index (χ1n) is 5.67. The van der Waals surface area contributed by atoms with Gasteiger partial charge in [-0.15, -0.1) is 0 Å². The third-order valence-electron chi connectivity index (χ3n) is 2.59. The lowest BCUT2D eigenvalue weighted by atomic mass is 10.4. The van der Waals surface area contributed by atoms with Crippen molar-refractivity contribution in [1.29, 1.82) is 0 Å². The Labute approximate surface area is 117 Å². The lowest BCUT2D eigenvalue weighted by molar-refractivity contribution is 0.199. The normalized spacial score (nSPS) is 13.5. The molecule has 0 saturated carbocycles. The minimum absolute atomic E-state index is 0.353. The number of halogens is 1. The highest BCUT2D eigenvalue weighted by atomic mass is 79.9. The van der Waals surface area contributed by atoms with E-state index in [2.05, 4.69) is 21.2 Å². The summed E-state index contributed by atoms with van der Waals surface area (Å²) in [4.78, 5) is 0.353. The fraction of sp³-hybridized carbons (Fsp3) is 0.500. The summed E-state index contributed by atoms with van der Waals surface area (Å²) < 4.78 is 30.2. The minimum atomic E-state index is -3.27. The maximum atomic E-state index is 12.2. The third-order valence-corrected chi connectivity index (χ3v) is 5.27. The first kappa shape index (κ1) is 15.6. The number of rotatable bonds is 7. The molecule has 1 unspecified atom stereocenters. The van der Waals surface area contributed by atoms with E-state index >= 15 is 0 Å². The molecule has 18 heavy (non-hydrogen) atoms. The van der Waals surface area contributed by atoms with Crippen LogP contribution < -0.4 is 5.32 Å². The van der Waals surface area contributed by atoms with Gasteiger partial charge in [-0.1, -0.05) is 15.9 Å². The standard InChI is InChI=1S/C12H18BrNO3S/c1-10(9-14-7-8-17-2)18(15,16)12-5-3-11(13)4-6-12/h3-6,10,14H,7-9H2,1-2H3. The molecule has 0 aliphatic rings. The quantitative estimate of drug-likeness (QED) is 0.772. The Kier molecular flexibility index (Phi) is 6.28. The van der Waals surface area contributed by atoms with Gasteiger partial charge in [0.15, 0.2) is 9.84 Å². The van der Waals surface area contributed by atoms with Crippen molar-refractivity contribution in [1.82, 2.24) is 5.32 Å². The smallest absolute Gasteiger partial charge is 0.182 e. The van der Waals surface area contributed by atoms with Crippen LogP contribution in [0.25, 0.3) is 0 Å². The summed E-state index contributed by atoms with van der Waals surface area (Å²) >= 11 is 3.29. The maximum Gasteiger partial charge on any atom is 0.182 e. The molecule has 0 aromatic heterocycles. The molecule has 1 rings (SSSR count). The Morgan fingerprint density at radius 2 is 1.94 bits per heavy atom. The van der Waals surface area contributed by atoms with E-state index in [0.717, 1.165) is 4.47 Å². The molecule has 0 heterocycles. The second-order valence-corrected chi connectivity index (χ2v) is 7.29. The summed E-state index contributed by atoms with van der Waals surface area (Å²) in [6.07, 6.45) is 0. The lowest BCUT2D eigenvalue weighted by Gasteiger charge is -2.14. The molecule has 1 aromatic carbocycles. The van der Waals surface area contributed by atoms with Gasteiger partial charge >= 0.3 is 0 Å². The van der Waals surface area contributed by atoms with E-state index < -0.39 is 15.1 Å². The van der Waals surface area contributed by atoms with Crippen LogP contribution in [0.4, 0.5) is 0 Å². The summed E-state index contributed by atoms with van der Waals surface area (Å²) in [5, 5.41) is 2.60. The molecule has 102 valence electrons. The van der Waals surface area contributed by atoms with Crippen molar-refractivity contribution >= 4 is 25.8 Å². The summed E-state index contributed by atoms with van der Waals surface area (Å²) in [5.74, 6) is 0. The highest BCUT2D eigenvalue weighted by Crippen LogP contribution is 2.18. The van der Waals surface area contributed by atoms with E-state index in [0.29, 0.717) is 24.6 Å². The van der Waals surface area contributed by atoms with E-state index in [9.17, 15) is 8.42 Å². The van der Waals surface area contributed by atoms with Gasteiger partial charge in [0.25, 0.3) is 0 Å². The Morgan fingerprint density at radius 1 is 1.33 bits per heavy atom. The fourth-order valence-corrected chi connectivity index (χ4v) is 3.03. The summed E-state index contributed by atoms with van der Waals surface area (Å²) in [6.45, 7) is 3.35. The van der Waals surface area contributed by atoms with Gasteiger partial charge in [-0.2, -0.15) is 0 Å². The summed E-state index contributed by atoms with van der Waals surface area (Å²) in [7, 11) is -1.65. The molecule has 4 nitrogen and oxygen atoms in total. The second-order valence-electron chi connectivity index (χ2n) is 4.01. The lowest BCUT2D eigenvalue weighted by Crippen LogP contribution is -2.32. The van der Waals surface area contributed by atoms with E-state index in [1.807, 2.05) is 0 Å². The van der Waals surface area contributed by atoms with Crippen LogP contribution in [0.1, 0.15) is 6.92 Å². The van der Waals surface area contributed by atoms with Crippen molar-refractivity contribution in [3.8, 4) is 0 Å². The molecule has 6 heteroatoms. The van der Waals surface area contributed by atoms with Crippen molar-refractivity contribution in [3.63, 3.8) is 0 Å². The SMILES string of the molecule is COCCNCC(C)S(=O)(=O)c1ccc(Br)cc1. The van der Waals surface area contributed by atoms with Crippen molar-refractivity contribution in [2.24, 2.45) is 0 Å². The number of sulfone groups is 1. The molecule has 0 saturated heterocycles. The van der Waals surface area contributed by atoms with Gasteiger partial charge in [-0.25, -0.2) is 8.42 Å². The van der Waals surface area contributed by atoms with Crippen LogP contribution in [0.2, 0.25) is 0 Å². The molecule has 0 radical (unpaired) electrons. The highest BCUT2D eigenvalue weighted by Gasteiger charge is 2.22. The van der Waals surface area contributed by atoms with Crippen LogP contribution in [0.15, 0.2) is 33.6 Å². The van der Waals surface area contributed by atoms with Crippen molar-refractivity contribution < 1.29 is 13.2 Å². The third kappa shape index (κ3) is 4.35. The Bertz CT molecular complexity index is 459. The number of hydrogen-bond donors (Lipinski definition) is 1. The predicted molar refractivity (Wildman–Crippen MR) is 75.5 cm³/mol. The van der Waals surface area contributed by atoms with E-state index in [-0.39, 0.29) is 0 Å². The molecular weight excluding hydrogens is 318 g/mol. The highest BCUT2D eigenvalue weighted by molar-refractivity contribution is 9.10. The Balaban J connectivity index is 2.65. The molecule has 0 spiro atoms. The van der Waals surface area contributed by atoms with Gasteiger partial charge in [0, 0.05) is 24.7 Å². The topological polar surface area (TPSA) is 55.4 Å². The van der Waals surface area contributed by atoms with Crippen molar-refractivity contribution in [2.45, 2.75) is 17.1 Å². The first-order valence-corrected chi connectivity index (χ1v) is 8.01. The van der Waals surface area contributed by atoms with Crippen LogP contribution in [-0.4, -0.2) is 40.5 Å².